The van der Waals surface area contributed by atoms with Crippen molar-refractivity contribution in [2.75, 3.05) is 11.4 Å². The van der Waals surface area contributed by atoms with Crippen LogP contribution >= 0.6 is 0 Å². The highest BCUT2D eigenvalue weighted by Crippen LogP contribution is 2.18. The molecule has 2 rings (SSSR count). The molecule has 2 heterocycles. The lowest BCUT2D eigenvalue weighted by molar-refractivity contribution is -0.135. The number of rotatable bonds is 5. The summed E-state index contributed by atoms with van der Waals surface area (Å²) < 4.78 is 0. The van der Waals surface area contributed by atoms with Crippen molar-refractivity contribution in [3.8, 4) is 0 Å². The minimum absolute atomic E-state index is 0.0756. The summed E-state index contributed by atoms with van der Waals surface area (Å²) in [5.41, 5.74) is 1.23. The van der Waals surface area contributed by atoms with Gasteiger partial charge in [0, 0.05) is 18.4 Å². The molecule has 0 aliphatic heterocycles. The summed E-state index contributed by atoms with van der Waals surface area (Å²) in [6.45, 7) is 3.92. The van der Waals surface area contributed by atoms with Crippen LogP contribution < -0.4 is 4.90 Å². The summed E-state index contributed by atoms with van der Waals surface area (Å²) in [6.07, 6.45) is 4.02. The van der Waals surface area contributed by atoms with Crippen LogP contribution in [0, 0.1) is 0 Å². The molecule has 19 heavy (non-hydrogen) atoms. The van der Waals surface area contributed by atoms with Gasteiger partial charge < -0.3 is 10.0 Å². The number of hydrogen-bond acceptors (Lipinski definition) is 5. The van der Waals surface area contributed by atoms with E-state index in [0.717, 1.165) is 6.42 Å². The molecule has 0 saturated carbocycles. The first-order valence-electron chi connectivity index (χ1n) is 6.18. The first kappa shape index (κ1) is 13.2. The number of aliphatic carboxylic acids is 1. The average molecular weight is 260 g/mol. The maximum absolute atomic E-state index is 11.0. The predicted molar refractivity (Wildman–Crippen MR) is 72.1 cm³/mol. The topological polar surface area (TPSA) is 79.2 Å². The number of nitrogens with zero attached hydrogens (tertiary/aromatic N) is 4. The van der Waals surface area contributed by atoms with Gasteiger partial charge in [0.05, 0.1) is 0 Å². The summed E-state index contributed by atoms with van der Waals surface area (Å²) in [6, 6.07) is 3.69. The number of pyridine rings is 1. The summed E-state index contributed by atoms with van der Waals surface area (Å²) in [4.78, 5) is 25.4. The molecule has 0 spiro atoms. The fourth-order valence-electron chi connectivity index (χ4n) is 1.83. The van der Waals surface area contributed by atoms with Crippen molar-refractivity contribution in [2.24, 2.45) is 0 Å². The lowest BCUT2D eigenvalue weighted by Gasteiger charge is -2.27. The third kappa shape index (κ3) is 2.96. The molecular weight excluding hydrogens is 244 g/mol. The highest BCUT2D eigenvalue weighted by Gasteiger charge is 2.17. The second-order valence-corrected chi connectivity index (χ2v) is 4.35. The van der Waals surface area contributed by atoms with Crippen molar-refractivity contribution in [1.82, 2.24) is 15.0 Å². The maximum Gasteiger partial charge on any atom is 0.323 e. The Labute approximate surface area is 111 Å². The summed E-state index contributed by atoms with van der Waals surface area (Å²) in [5.74, 6) is -0.258. The monoisotopic (exact) mass is 260 g/mol. The van der Waals surface area contributed by atoms with Crippen LogP contribution in [0.15, 0.2) is 24.5 Å². The minimum atomic E-state index is -0.874. The Kier molecular flexibility index (Phi) is 3.89. The molecular formula is C13H16N4O2. The van der Waals surface area contributed by atoms with Gasteiger partial charge in [0.1, 0.15) is 17.9 Å². The van der Waals surface area contributed by atoms with Crippen molar-refractivity contribution < 1.29 is 9.90 Å². The fourth-order valence-corrected chi connectivity index (χ4v) is 1.83. The Morgan fingerprint density at radius 3 is 2.79 bits per heavy atom. The average Bonchev–Trinajstić information content (AvgIpc) is 2.43. The van der Waals surface area contributed by atoms with Crippen LogP contribution in [-0.4, -0.2) is 38.6 Å². The molecule has 0 aromatic carbocycles. The Hall–Kier alpha value is -2.24. The van der Waals surface area contributed by atoms with E-state index in [1.165, 1.54) is 0 Å². The van der Waals surface area contributed by atoms with Crippen molar-refractivity contribution in [3.63, 3.8) is 0 Å². The van der Waals surface area contributed by atoms with Gasteiger partial charge in [-0.1, -0.05) is 6.92 Å². The van der Waals surface area contributed by atoms with E-state index in [1.807, 2.05) is 19.9 Å². The van der Waals surface area contributed by atoms with Crippen molar-refractivity contribution in [3.05, 3.63) is 24.5 Å². The minimum Gasteiger partial charge on any atom is -0.480 e. The van der Waals surface area contributed by atoms with Crippen LogP contribution in [0.4, 0.5) is 5.82 Å². The molecule has 1 N–H and O–H groups in total. The van der Waals surface area contributed by atoms with Gasteiger partial charge in [-0.3, -0.25) is 9.78 Å². The molecule has 0 bridgehead atoms. The fraction of sp³-hybridized carbons (Fsp3) is 0.385. The lowest BCUT2D eigenvalue weighted by atomic mass is 10.2. The van der Waals surface area contributed by atoms with Crippen molar-refractivity contribution >= 4 is 23.0 Å². The first-order valence-corrected chi connectivity index (χ1v) is 6.18. The molecule has 0 aliphatic carbocycles. The third-order valence-corrected chi connectivity index (χ3v) is 3.04. The van der Waals surface area contributed by atoms with Gasteiger partial charge >= 0.3 is 5.97 Å². The maximum atomic E-state index is 11.0. The smallest absolute Gasteiger partial charge is 0.323 e. The number of carboxylic acid groups (broad SMARTS) is 1. The molecule has 6 nitrogen and oxygen atoms in total. The van der Waals surface area contributed by atoms with Crippen molar-refractivity contribution in [1.29, 1.82) is 0 Å². The van der Waals surface area contributed by atoms with Gasteiger partial charge in [0.25, 0.3) is 0 Å². The number of hydrogen-bond donors (Lipinski definition) is 1. The Balaban J connectivity index is 2.40. The van der Waals surface area contributed by atoms with Crippen LogP contribution in [-0.2, 0) is 4.79 Å². The zero-order chi connectivity index (χ0) is 13.8. The van der Waals surface area contributed by atoms with E-state index >= 15 is 0 Å². The van der Waals surface area contributed by atoms with Gasteiger partial charge in [-0.15, -0.1) is 0 Å². The predicted octanol–water partition coefficient (Wildman–Crippen LogP) is 1.71. The number of fused-ring (bicyclic) bond motifs is 1. The van der Waals surface area contributed by atoms with Gasteiger partial charge in [0.2, 0.25) is 0 Å². The van der Waals surface area contributed by atoms with Crippen LogP contribution in [0.1, 0.15) is 20.3 Å². The number of carbonyl (C=O) groups is 1. The Morgan fingerprint density at radius 1 is 1.37 bits per heavy atom. The highest BCUT2D eigenvalue weighted by molar-refractivity contribution is 5.76. The molecule has 0 fully saturated rings. The SMILES string of the molecule is CCC(C)N(CC(=O)O)c1ccc2nccnc2n1. The highest BCUT2D eigenvalue weighted by atomic mass is 16.4. The lowest BCUT2D eigenvalue weighted by Crippen LogP contribution is -2.37. The molecule has 2 aromatic heterocycles. The van der Waals surface area contributed by atoms with Crippen LogP contribution in [0.3, 0.4) is 0 Å². The van der Waals surface area contributed by atoms with Gasteiger partial charge in [-0.2, -0.15) is 0 Å². The van der Waals surface area contributed by atoms with Gasteiger partial charge in [-0.25, -0.2) is 9.97 Å². The van der Waals surface area contributed by atoms with Crippen LogP contribution in [0.5, 0.6) is 0 Å². The summed E-state index contributed by atoms with van der Waals surface area (Å²) >= 11 is 0. The molecule has 0 amide bonds. The number of anilines is 1. The van der Waals surface area contributed by atoms with Crippen molar-refractivity contribution in [2.45, 2.75) is 26.3 Å². The molecule has 1 atom stereocenters. The van der Waals surface area contributed by atoms with Crippen LogP contribution in [0.2, 0.25) is 0 Å². The summed E-state index contributed by atoms with van der Waals surface area (Å²) in [5, 5.41) is 9.01. The van der Waals surface area contributed by atoms with E-state index < -0.39 is 5.97 Å². The molecule has 6 heteroatoms. The zero-order valence-electron chi connectivity index (χ0n) is 10.9. The number of aromatic nitrogens is 3. The summed E-state index contributed by atoms with van der Waals surface area (Å²) in [7, 11) is 0. The van der Waals surface area contributed by atoms with Crippen LogP contribution in [0.25, 0.3) is 11.2 Å². The first-order chi connectivity index (χ1) is 9.11. The molecule has 1 unspecified atom stereocenters. The Bertz CT molecular complexity index is 588. The Morgan fingerprint density at radius 2 is 2.11 bits per heavy atom. The number of carboxylic acids is 1. The van der Waals surface area contributed by atoms with E-state index in [-0.39, 0.29) is 12.6 Å². The van der Waals surface area contributed by atoms with E-state index in [1.54, 1.807) is 23.4 Å². The normalized spacial score (nSPS) is 12.3. The van der Waals surface area contributed by atoms with E-state index in [4.69, 9.17) is 5.11 Å². The largest absolute Gasteiger partial charge is 0.480 e. The molecule has 0 aliphatic rings. The third-order valence-electron chi connectivity index (χ3n) is 3.04. The second kappa shape index (κ2) is 5.60. The van der Waals surface area contributed by atoms with E-state index in [9.17, 15) is 4.79 Å². The van der Waals surface area contributed by atoms with E-state index in [2.05, 4.69) is 15.0 Å². The van der Waals surface area contributed by atoms with Gasteiger partial charge in [0.15, 0.2) is 5.65 Å². The second-order valence-electron chi connectivity index (χ2n) is 4.35. The van der Waals surface area contributed by atoms with E-state index in [0.29, 0.717) is 17.0 Å². The quantitative estimate of drug-likeness (QED) is 0.881. The zero-order valence-corrected chi connectivity index (χ0v) is 10.9. The molecule has 100 valence electrons. The standard InChI is InChI=1S/C13H16N4O2/c1-3-9(2)17(8-12(18)19)11-5-4-10-13(16-11)15-7-6-14-10/h4-7,9H,3,8H2,1-2H3,(H,18,19). The van der Waals surface area contributed by atoms with Gasteiger partial charge in [-0.05, 0) is 25.5 Å². The molecule has 0 saturated heterocycles. The molecule has 0 radical (unpaired) electrons. The molecule has 2 aromatic rings.